The zero-order valence-electron chi connectivity index (χ0n) is 16.5. The van der Waals surface area contributed by atoms with Crippen LogP contribution in [-0.4, -0.2) is 48.5 Å². The summed E-state index contributed by atoms with van der Waals surface area (Å²) < 4.78 is 1.95. The second-order valence-electron chi connectivity index (χ2n) is 8.10. The molecule has 146 valence electrons. The van der Waals surface area contributed by atoms with Crippen molar-refractivity contribution in [3.63, 3.8) is 0 Å². The number of fused-ring (bicyclic) bond motifs is 1. The molecule has 0 saturated carbocycles. The fourth-order valence-electron chi connectivity index (χ4n) is 4.64. The third-order valence-electron chi connectivity index (χ3n) is 6.11. The number of aryl methyl sites for hydroxylation is 2. The van der Waals surface area contributed by atoms with E-state index in [1.807, 2.05) is 17.9 Å². The molecule has 1 fully saturated rings. The minimum Gasteiger partial charge on any atom is -0.356 e. The lowest BCUT2D eigenvalue weighted by atomic mass is 9.82. The Balaban J connectivity index is 1.82. The summed E-state index contributed by atoms with van der Waals surface area (Å²) in [6, 6.07) is 2.09. The van der Waals surface area contributed by atoms with Crippen LogP contribution in [0, 0.1) is 5.92 Å². The second-order valence-corrected chi connectivity index (χ2v) is 8.10. The Morgan fingerprint density at radius 1 is 1.14 bits per heavy atom. The summed E-state index contributed by atoms with van der Waals surface area (Å²) in [6.07, 6.45) is 8.78. The summed E-state index contributed by atoms with van der Waals surface area (Å²) in [6.45, 7) is 4.38. The predicted octanol–water partition coefficient (Wildman–Crippen LogP) is 2.78. The zero-order chi connectivity index (χ0) is 19.1. The number of aromatic amines is 1. The van der Waals surface area contributed by atoms with Crippen LogP contribution in [0.3, 0.4) is 0 Å². The van der Waals surface area contributed by atoms with Gasteiger partial charge in [0.05, 0.1) is 11.3 Å². The molecule has 0 aromatic carbocycles. The van der Waals surface area contributed by atoms with Crippen molar-refractivity contribution < 1.29 is 0 Å². The van der Waals surface area contributed by atoms with Crippen LogP contribution >= 0.6 is 0 Å². The molecule has 0 spiro atoms. The number of piperidine rings is 1. The number of H-pyrrole nitrogens is 1. The minimum atomic E-state index is 0.641. The predicted molar refractivity (Wildman–Crippen MR) is 107 cm³/mol. The average molecular weight is 378 g/mol. The SMILES string of the molecule is CC1CCc2nc(N3CCCCC3)c(-c3nnn[nH]3)c(-c3ccnn3C)c2C1. The average Bonchev–Trinajstić information content (AvgIpc) is 3.39. The molecular weight excluding hydrogens is 352 g/mol. The third kappa shape index (κ3) is 2.87. The molecule has 0 amide bonds. The lowest BCUT2D eigenvalue weighted by Gasteiger charge is -2.33. The fraction of sp³-hybridized carbons (Fsp3) is 0.550. The van der Waals surface area contributed by atoms with Crippen LogP contribution in [0.2, 0.25) is 0 Å². The van der Waals surface area contributed by atoms with Crippen LogP contribution < -0.4 is 4.90 Å². The molecule has 5 rings (SSSR count). The molecular formula is C20H26N8. The Morgan fingerprint density at radius 2 is 2.00 bits per heavy atom. The summed E-state index contributed by atoms with van der Waals surface area (Å²) in [4.78, 5) is 7.62. The van der Waals surface area contributed by atoms with Crippen molar-refractivity contribution in [2.24, 2.45) is 13.0 Å². The molecule has 1 N–H and O–H groups in total. The molecule has 28 heavy (non-hydrogen) atoms. The van der Waals surface area contributed by atoms with Gasteiger partial charge in [-0.1, -0.05) is 6.92 Å². The van der Waals surface area contributed by atoms with Crippen LogP contribution in [0.1, 0.15) is 43.9 Å². The maximum absolute atomic E-state index is 5.21. The van der Waals surface area contributed by atoms with Gasteiger partial charge in [-0.3, -0.25) is 4.68 Å². The lowest BCUT2D eigenvalue weighted by molar-refractivity contribution is 0.493. The van der Waals surface area contributed by atoms with Gasteiger partial charge < -0.3 is 4.90 Å². The highest BCUT2D eigenvalue weighted by atomic mass is 15.5. The second kappa shape index (κ2) is 7.00. The van der Waals surface area contributed by atoms with E-state index in [0.29, 0.717) is 11.7 Å². The van der Waals surface area contributed by atoms with Gasteiger partial charge in [-0.25, -0.2) is 10.1 Å². The molecule has 2 aliphatic rings. The van der Waals surface area contributed by atoms with Crippen molar-refractivity contribution >= 4 is 5.82 Å². The molecule has 8 nitrogen and oxygen atoms in total. The molecule has 0 radical (unpaired) electrons. The van der Waals surface area contributed by atoms with Crippen LogP contribution in [-0.2, 0) is 19.9 Å². The number of nitrogens with zero attached hydrogens (tertiary/aromatic N) is 7. The molecule has 1 unspecified atom stereocenters. The first-order valence-corrected chi connectivity index (χ1v) is 10.3. The van der Waals surface area contributed by atoms with Crippen molar-refractivity contribution in [1.82, 2.24) is 35.4 Å². The van der Waals surface area contributed by atoms with Crippen molar-refractivity contribution in [2.45, 2.75) is 45.4 Å². The summed E-state index contributed by atoms with van der Waals surface area (Å²) in [5.74, 6) is 2.34. The van der Waals surface area contributed by atoms with Crippen molar-refractivity contribution in [1.29, 1.82) is 0 Å². The molecule has 3 aromatic heterocycles. The number of nitrogens with one attached hydrogen (secondary N) is 1. The number of hydrogen-bond acceptors (Lipinski definition) is 6. The Bertz CT molecular complexity index is 969. The van der Waals surface area contributed by atoms with Crippen LogP contribution in [0.5, 0.6) is 0 Å². The summed E-state index contributed by atoms with van der Waals surface area (Å²) in [5, 5.41) is 19.5. The van der Waals surface area contributed by atoms with Gasteiger partial charge in [0.15, 0.2) is 5.82 Å². The first-order valence-electron chi connectivity index (χ1n) is 10.3. The maximum atomic E-state index is 5.21. The molecule has 0 bridgehead atoms. The maximum Gasteiger partial charge on any atom is 0.183 e. The highest BCUT2D eigenvalue weighted by molar-refractivity contribution is 5.89. The third-order valence-corrected chi connectivity index (χ3v) is 6.11. The van der Waals surface area contributed by atoms with Gasteiger partial charge in [0, 0.05) is 37.6 Å². The van der Waals surface area contributed by atoms with Gasteiger partial charge in [0.2, 0.25) is 0 Å². The molecule has 1 aliphatic heterocycles. The first-order chi connectivity index (χ1) is 13.7. The van der Waals surface area contributed by atoms with E-state index in [0.717, 1.165) is 43.0 Å². The summed E-state index contributed by atoms with van der Waals surface area (Å²) in [7, 11) is 2.00. The first kappa shape index (κ1) is 17.3. The van der Waals surface area contributed by atoms with Gasteiger partial charge in [-0.2, -0.15) is 5.10 Å². The number of pyridine rings is 1. The highest BCUT2D eigenvalue weighted by Gasteiger charge is 2.30. The van der Waals surface area contributed by atoms with Crippen LogP contribution in [0.25, 0.3) is 22.6 Å². The van der Waals surface area contributed by atoms with Gasteiger partial charge in [0.25, 0.3) is 0 Å². The molecule has 3 aromatic rings. The van der Waals surface area contributed by atoms with Gasteiger partial charge >= 0.3 is 0 Å². The monoisotopic (exact) mass is 378 g/mol. The summed E-state index contributed by atoms with van der Waals surface area (Å²) in [5.41, 5.74) is 5.86. The van der Waals surface area contributed by atoms with E-state index in [1.165, 1.54) is 42.5 Å². The van der Waals surface area contributed by atoms with Crippen LogP contribution in [0.4, 0.5) is 5.82 Å². The Labute approximate surface area is 164 Å². The highest BCUT2D eigenvalue weighted by Crippen LogP contribution is 2.43. The van der Waals surface area contributed by atoms with E-state index in [9.17, 15) is 0 Å². The van der Waals surface area contributed by atoms with Crippen molar-refractivity contribution in [3.8, 4) is 22.6 Å². The number of aromatic nitrogens is 7. The number of rotatable bonds is 3. The number of tetrazole rings is 1. The van der Waals surface area contributed by atoms with Crippen molar-refractivity contribution in [3.05, 3.63) is 23.5 Å². The molecule has 1 atom stereocenters. The van der Waals surface area contributed by atoms with Gasteiger partial charge in [0.1, 0.15) is 5.82 Å². The van der Waals surface area contributed by atoms with Crippen LogP contribution in [0.15, 0.2) is 12.3 Å². The molecule has 4 heterocycles. The summed E-state index contributed by atoms with van der Waals surface area (Å²) >= 11 is 0. The van der Waals surface area contributed by atoms with E-state index in [-0.39, 0.29) is 0 Å². The van der Waals surface area contributed by atoms with E-state index in [2.05, 4.69) is 43.6 Å². The number of hydrogen-bond donors (Lipinski definition) is 1. The minimum absolute atomic E-state index is 0.641. The normalized spacial score (nSPS) is 19.6. The Hall–Kier alpha value is -2.77. The number of anilines is 1. The lowest BCUT2D eigenvalue weighted by Crippen LogP contribution is -2.32. The van der Waals surface area contributed by atoms with E-state index in [1.54, 1.807) is 0 Å². The Morgan fingerprint density at radius 3 is 2.71 bits per heavy atom. The van der Waals surface area contributed by atoms with Gasteiger partial charge in [-0.05, 0) is 66.5 Å². The quantitative estimate of drug-likeness (QED) is 0.754. The molecule has 1 aliphatic carbocycles. The van der Waals surface area contributed by atoms with Gasteiger partial charge in [-0.15, -0.1) is 5.10 Å². The topological polar surface area (TPSA) is 88.4 Å². The molecule has 1 saturated heterocycles. The largest absolute Gasteiger partial charge is 0.356 e. The smallest absolute Gasteiger partial charge is 0.183 e. The van der Waals surface area contributed by atoms with E-state index >= 15 is 0 Å². The fourth-order valence-corrected chi connectivity index (χ4v) is 4.64. The van der Waals surface area contributed by atoms with Crippen molar-refractivity contribution in [2.75, 3.05) is 18.0 Å². The molecule has 8 heteroatoms. The van der Waals surface area contributed by atoms with E-state index in [4.69, 9.17) is 4.98 Å². The Kier molecular flexibility index (Phi) is 4.33. The standard InChI is InChI=1S/C20H26N8/c1-13-6-7-15-14(12-13)17(16-8-9-21-27(16)2)18(19-23-25-26-24-19)20(22-15)28-10-4-3-5-11-28/h8-9,13H,3-7,10-12H2,1-2H3,(H,23,24,25,26). The van der Waals surface area contributed by atoms with E-state index < -0.39 is 0 Å². The zero-order valence-corrected chi connectivity index (χ0v) is 16.5.